The van der Waals surface area contributed by atoms with Gasteiger partial charge in [0.1, 0.15) is 24.6 Å². The summed E-state index contributed by atoms with van der Waals surface area (Å²) in [6.45, 7) is 24.5. The number of carbonyl (C=O) groups excluding carboxylic acids is 3. The van der Waals surface area contributed by atoms with Crippen LogP contribution < -0.4 is 11.2 Å². The van der Waals surface area contributed by atoms with E-state index in [4.69, 9.17) is 14.2 Å². The monoisotopic (exact) mass is 804 g/mol. The van der Waals surface area contributed by atoms with Crippen molar-refractivity contribution in [3.05, 3.63) is 26.4 Å². The Balaban J connectivity index is 1.72. The predicted molar refractivity (Wildman–Crippen MR) is 220 cm³/mol. The Kier molecular flexibility index (Phi) is 13.8. The first-order chi connectivity index (χ1) is 26.0. The average Bonchev–Trinajstić information content (AvgIpc) is 3.08. The number of rotatable bonds is 15. The fourth-order valence-electron chi connectivity index (χ4n) is 10.0. The molecule has 3 aliphatic heterocycles. The van der Waals surface area contributed by atoms with Crippen molar-refractivity contribution in [3.8, 4) is 5.88 Å². The number of piperidine rings is 3. The van der Waals surface area contributed by atoms with Gasteiger partial charge in [-0.2, -0.15) is 0 Å². The van der Waals surface area contributed by atoms with Gasteiger partial charge in [-0.25, -0.2) is 4.79 Å². The number of likely N-dealkylation sites (tertiary alicyclic amines) is 3. The van der Waals surface area contributed by atoms with E-state index in [1.807, 2.05) is 0 Å². The second-order valence-electron chi connectivity index (χ2n) is 20.9. The number of nitrogens with zero attached hydrogens (tertiary/aromatic N) is 5. The van der Waals surface area contributed by atoms with Crippen LogP contribution >= 0.6 is 0 Å². The third-order valence-electron chi connectivity index (χ3n) is 14.0. The van der Waals surface area contributed by atoms with Gasteiger partial charge in [0.05, 0.1) is 37.0 Å². The highest BCUT2D eigenvalue weighted by Gasteiger charge is 2.47. The third kappa shape index (κ3) is 10.2. The number of carbonyl (C=O) groups is 3. The molecular weight excluding hydrogens is 730 g/mol. The number of ether oxygens (including phenoxy) is 3. The first kappa shape index (κ1) is 46.9. The highest BCUT2D eigenvalue weighted by Crippen LogP contribution is 2.41. The first-order valence-corrected chi connectivity index (χ1v) is 20.6. The summed E-state index contributed by atoms with van der Waals surface area (Å²) in [5.41, 5.74) is -3.52. The van der Waals surface area contributed by atoms with Gasteiger partial charge in [-0.3, -0.25) is 28.6 Å². The molecule has 0 saturated carbocycles. The van der Waals surface area contributed by atoms with E-state index in [2.05, 4.69) is 119 Å². The van der Waals surface area contributed by atoms with Crippen LogP contribution in [0.2, 0.25) is 0 Å². The maximum Gasteiger partial charge on any atom is 0.333 e. The van der Waals surface area contributed by atoms with Crippen LogP contribution in [-0.2, 0) is 48.1 Å². The van der Waals surface area contributed by atoms with Crippen LogP contribution in [0, 0.1) is 0 Å². The summed E-state index contributed by atoms with van der Waals surface area (Å²) >= 11 is 0. The van der Waals surface area contributed by atoms with E-state index in [0.29, 0.717) is 57.4 Å². The van der Waals surface area contributed by atoms with E-state index in [-0.39, 0.29) is 63.5 Å². The van der Waals surface area contributed by atoms with Crippen LogP contribution in [0.1, 0.15) is 127 Å². The molecule has 4 heterocycles. The maximum atomic E-state index is 14.3. The van der Waals surface area contributed by atoms with Gasteiger partial charge in [-0.15, -0.1) is 0 Å². The lowest BCUT2D eigenvalue weighted by Gasteiger charge is -2.53. The Morgan fingerprint density at radius 2 is 0.825 bits per heavy atom. The first-order valence-electron chi connectivity index (χ1n) is 20.6. The van der Waals surface area contributed by atoms with E-state index in [1.165, 1.54) is 0 Å². The second kappa shape index (κ2) is 16.7. The standard InChI is InChI=1S/C43H73N5O9/c1-38(2)17-29(18-39(3,4)44(38)13)55-28(25-49)16-34-35(52)47(23-32(26-50)56-30-19-40(5,6)45(14)41(7,8)20-30)37(54)48(36(34)53)24-33(27-51)57-31-21-42(9,10)46(15)43(11,12)22-31/h25-33,52H,16-24H2,1-15H3. The van der Waals surface area contributed by atoms with Crippen LogP contribution in [0.5, 0.6) is 5.88 Å². The number of hydrogen-bond donors (Lipinski definition) is 1. The molecule has 3 fully saturated rings. The zero-order valence-corrected chi connectivity index (χ0v) is 37.5. The molecule has 14 nitrogen and oxygen atoms in total. The molecule has 57 heavy (non-hydrogen) atoms. The summed E-state index contributed by atoms with van der Waals surface area (Å²) in [7, 11) is 6.18. The molecule has 3 aliphatic rings. The molecule has 0 bridgehead atoms. The van der Waals surface area contributed by atoms with Crippen LogP contribution in [-0.4, -0.2) is 139 Å². The van der Waals surface area contributed by atoms with Crippen molar-refractivity contribution >= 4 is 18.9 Å². The average molecular weight is 804 g/mol. The molecule has 14 heteroatoms. The molecule has 0 amide bonds. The Morgan fingerprint density at radius 1 is 0.544 bits per heavy atom. The molecule has 4 rings (SSSR count). The highest BCUT2D eigenvalue weighted by atomic mass is 16.5. The Labute approximate surface area is 340 Å². The smallest absolute Gasteiger partial charge is 0.333 e. The van der Waals surface area contributed by atoms with Crippen molar-refractivity contribution < 1.29 is 33.7 Å². The molecule has 0 aromatic carbocycles. The molecule has 1 aromatic rings. The number of aromatic nitrogens is 2. The lowest BCUT2D eigenvalue weighted by Crippen LogP contribution is -2.60. The lowest BCUT2D eigenvalue weighted by molar-refractivity contribution is -0.139. The van der Waals surface area contributed by atoms with Gasteiger partial charge in [-0.1, -0.05) is 0 Å². The van der Waals surface area contributed by atoms with Crippen LogP contribution in [0.4, 0.5) is 0 Å². The zero-order valence-electron chi connectivity index (χ0n) is 37.5. The van der Waals surface area contributed by atoms with Crippen molar-refractivity contribution in [2.45, 2.75) is 211 Å². The molecule has 1 N–H and O–H groups in total. The maximum absolute atomic E-state index is 14.3. The van der Waals surface area contributed by atoms with Gasteiger partial charge in [-0.05, 0) is 143 Å². The Hall–Kier alpha value is -2.75. The van der Waals surface area contributed by atoms with Gasteiger partial charge in [0.25, 0.3) is 5.56 Å². The fraction of sp³-hybridized carbons (Fsp3) is 0.837. The van der Waals surface area contributed by atoms with Crippen molar-refractivity contribution in [1.82, 2.24) is 23.8 Å². The van der Waals surface area contributed by atoms with Gasteiger partial charge in [0, 0.05) is 39.7 Å². The SMILES string of the molecule is CN1C(C)(C)CC(OC(C=O)Cc2c(O)n(CC(C=O)OC3CC(C)(C)N(C)C(C)(C)C3)c(=O)n(CC(C=O)OC3CC(C)(C)N(C)C(C)(C)C3)c2=O)CC1(C)C. The quantitative estimate of drug-likeness (QED) is 0.256. The summed E-state index contributed by atoms with van der Waals surface area (Å²) < 4.78 is 20.9. The van der Waals surface area contributed by atoms with E-state index in [0.717, 1.165) is 9.13 Å². The molecule has 324 valence electrons. The van der Waals surface area contributed by atoms with Gasteiger partial charge < -0.3 is 33.7 Å². The second-order valence-corrected chi connectivity index (χ2v) is 20.9. The van der Waals surface area contributed by atoms with Gasteiger partial charge in [0.15, 0.2) is 12.6 Å². The summed E-state index contributed by atoms with van der Waals surface area (Å²) in [6.07, 6.45) is 0.696. The molecule has 3 unspecified atom stereocenters. The minimum Gasteiger partial charge on any atom is -0.494 e. The normalized spacial score (nSPS) is 25.7. The summed E-state index contributed by atoms with van der Waals surface area (Å²) in [5, 5.41) is 11.8. The highest BCUT2D eigenvalue weighted by molar-refractivity contribution is 5.58. The molecule has 0 aliphatic carbocycles. The molecule has 0 radical (unpaired) electrons. The van der Waals surface area contributed by atoms with E-state index in [1.54, 1.807) is 0 Å². The number of aldehydes is 3. The van der Waals surface area contributed by atoms with Crippen molar-refractivity contribution in [2.75, 3.05) is 21.1 Å². The van der Waals surface area contributed by atoms with Gasteiger partial charge >= 0.3 is 5.69 Å². The van der Waals surface area contributed by atoms with Crippen LogP contribution in [0.25, 0.3) is 0 Å². The van der Waals surface area contributed by atoms with Crippen molar-refractivity contribution in [1.29, 1.82) is 0 Å². The van der Waals surface area contributed by atoms with Crippen molar-refractivity contribution in [2.24, 2.45) is 0 Å². The summed E-state index contributed by atoms with van der Waals surface area (Å²) in [6, 6.07) is 0. The Bertz CT molecular complexity index is 1600. The minimum absolute atomic E-state index is 0.240. The number of aromatic hydroxyl groups is 1. The molecule has 3 saturated heterocycles. The zero-order chi connectivity index (χ0) is 43.3. The van der Waals surface area contributed by atoms with E-state index < -0.39 is 48.5 Å². The molecule has 1 aromatic heterocycles. The minimum atomic E-state index is -1.18. The van der Waals surface area contributed by atoms with Crippen LogP contribution in [0.15, 0.2) is 9.59 Å². The van der Waals surface area contributed by atoms with E-state index >= 15 is 0 Å². The summed E-state index contributed by atoms with van der Waals surface area (Å²) in [4.78, 5) is 73.4. The third-order valence-corrected chi connectivity index (χ3v) is 14.0. The Morgan fingerprint density at radius 3 is 1.12 bits per heavy atom. The predicted octanol–water partition coefficient (Wildman–Crippen LogP) is 3.96. The van der Waals surface area contributed by atoms with Crippen LogP contribution in [0.3, 0.4) is 0 Å². The largest absolute Gasteiger partial charge is 0.494 e. The fourth-order valence-corrected chi connectivity index (χ4v) is 10.0. The summed E-state index contributed by atoms with van der Waals surface area (Å²) in [5.74, 6) is -0.678. The molecule has 0 spiro atoms. The number of hydrogen-bond acceptors (Lipinski definition) is 12. The lowest BCUT2D eigenvalue weighted by atomic mass is 9.78. The van der Waals surface area contributed by atoms with Crippen molar-refractivity contribution in [3.63, 3.8) is 0 Å². The van der Waals surface area contributed by atoms with Gasteiger partial charge in [0.2, 0.25) is 5.88 Å². The molecule has 3 atom stereocenters. The molecular formula is C43H73N5O9. The van der Waals surface area contributed by atoms with E-state index in [9.17, 15) is 29.1 Å². The topological polar surface area (TPSA) is 153 Å².